The summed E-state index contributed by atoms with van der Waals surface area (Å²) >= 11 is 0. The molecule has 1 atom stereocenters. The van der Waals surface area contributed by atoms with Gasteiger partial charge in [0.05, 0.1) is 16.9 Å². The molecule has 6 heteroatoms. The standard InChI is InChI=1S/C12H17N3O2S/c1-9(7-13)8-15(3)18(16,17)11-4-5-12(14)10(2)6-11/h4-6,9H,8,14H2,1-3H3. The van der Waals surface area contributed by atoms with Crippen LogP contribution < -0.4 is 5.73 Å². The van der Waals surface area contributed by atoms with Crippen LogP contribution >= 0.6 is 0 Å². The highest BCUT2D eigenvalue weighted by molar-refractivity contribution is 7.89. The van der Waals surface area contributed by atoms with Crippen LogP contribution in [-0.2, 0) is 10.0 Å². The molecule has 0 aromatic heterocycles. The van der Waals surface area contributed by atoms with Gasteiger partial charge in [-0.05, 0) is 37.6 Å². The van der Waals surface area contributed by atoms with Crippen molar-refractivity contribution in [2.24, 2.45) is 5.92 Å². The van der Waals surface area contributed by atoms with Crippen LogP contribution in [0.4, 0.5) is 5.69 Å². The van der Waals surface area contributed by atoms with E-state index < -0.39 is 10.0 Å². The predicted octanol–water partition coefficient (Wildman–Crippen LogP) is 1.36. The molecule has 0 spiro atoms. The molecule has 0 fully saturated rings. The predicted molar refractivity (Wildman–Crippen MR) is 70.2 cm³/mol. The molecule has 0 aliphatic heterocycles. The molecule has 0 aliphatic carbocycles. The van der Waals surface area contributed by atoms with Gasteiger partial charge in [0.2, 0.25) is 10.0 Å². The summed E-state index contributed by atoms with van der Waals surface area (Å²) in [5.41, 5.74) is 6.94. The van der Waals surface area contributed by atoms with Crippen LogP contribution in [0.5, 0.6) is 0 Å². The third-order valence-corrected chi connectivity index (χ3v) is 4.52. The van der Waals surface area contributed by atoms with Gasteiger partial charge < -0.3 is 5.73 Å². The zero-order chi connectivity index (χ0) is 13.9. The molecular weight excluding hydrogens is 250 g/mol. The average Bonchev–Trinajstić information content (AvgIpc) is 2.32. The fraction of sp³-hybridized carbons (Fsp3) is 0.417. The van der Waals surface area contributed by atoms with Gasteiger partial charge in [-0.25, -0.2) is 8.42 Å². The minimum absolute atomic E-state index is 0.169. The van der Waals surface area contributed by atoms with Crippen molar-refractivity contribution >= 4 is 15.7 Å². The van der Waals surface area contributed by atoms with E-state index in [1.807, 2.05) is 6.07 Å². The summed E-state index contributed by atoms with van der Waals surface area (Å²) in [5.74, 6) is -0.348. The first-order valence-corrected chi connectivity index (χ1v) is 6.95. The summed E-state index contributed by atoms with van der Waals surface area (Å²) in [6.07, 6.45) is 0. The van der Waals surface area contributed by atoms with Gasteiger partial charge in [0.1, 0.15) is 0 Å². The Hall–Kier alpha value is -1.58. The largest absolute Gasteiger partial charge is 0.399 e. The number of aryl methyl sites for hydroxylation is 1. The zero-order valence-corrected chi connectivity index (χ0v) is 11.5. The summed E-state index contributed by atoms with van der Waals surface area (Å²) in [6.45, 7) is 3.61. The average molecular weight is 267 g/mol. The number of sulfonamides is 1. The SMILES string of the molecule is Cc1cc(S(=O)(=O)N(C)CC(C)C#N)ccc1N. The highest BCUT2D eigenvalue weighted by Crippen LogP contribution is 2.20. The number of nitrogen functional groups attached to an aromatic ring is 1. The third kappa shape index (κ3) is 3.00. The fourth-order valence-corrected chi connectivity index (χ4v) is 2.86. The van der Waals surface area contributed by atoms with Crippen molar-refractivity contribution in [1.82, 2.24) is 4.31 Å². The van der Waals surface area contributed by atoms with Gasteiger partial charge in [-0.2, -0.15) is 9.57 Å². The maximum absolute atomic E-state index is 12.2. The molecular formula is C12H17N3O2S. The zero-order valence-electron chi connectivity index (χ0n) is 10.7. The van der Waals surface area contributed by atoms with E-state index in [-0.39, 0.29) is 17.4 Å². The summed E-state index contributed by atoms with van der Waals surface area (Å²) in [4.78, 5) is 0.196. The van der Waals surface area contributed by atoms with E-state index in [1.165, 1.54) is 23.5 Å². The van der Waals surface area contributed by atoms with Crippen LogP contribution in [0.3, 0.4) is 0 Å². The van der Waals surface area contributed by atoms with E-state index in [9.17, 15) is 8.42 Å². The number of nitriles is 1. The molecule has 0 aliphatic rings. The fourth-order valence-electron chi connectivity index (χ4n) is 1.51. The molecule has 0 radical (unpaired) electrons. The van der Waals surface area contributed by atoms with Crippen molar-refractivity contribution in [2.75, 3.05) is 19.3 Å². The molecule has 0 saturated carbocycles. The van der Waals surface area contributed by atoms with E-state index in [4.69, 9.17) is 11.0 Å². The molecule has 1 aromatic carbocycles. The second kappa shape index (κ2) is 5.38. The number of hydrogen-bond donors (Lipinski definition) is 1. The van der Waals surface area contributed by atoms with Crippen LogP contribution in [0.25, 0.3) is 0 Å². The molecule has 1 aromatic rings. The van der Waals surface area contributed by atoms with Crippen molar-refractivity contribution in [3.8, 4) is 6.07 Å². The van der Waals surface area contributed by atoms with Crippen molar-refractivity contribution < 1.29 is 8.42 Å². The Bertz CT molecular complexity index is 575. The first-order chi connectivity index (χ1) is 8.28. The highest BCUT2D eigenvalue weighted by Gasteiger charge is 2.22. The lowest BCUT2D eigenvalue weighted by Crippen LogP contribution is -2.30. The highest BCUT2D eigenvalue weighted by atomic mass is 32.2. The third-order valence-electron chi connectivity index (χ3n) is 2.70. The van der Waals surface area contributed by atoms with E-state index >= 15 is 0 Å². The molecule has 18 heavy (non-hydrogen) atoms. The normalized spacial score (nSPS) is 13.3. The monoisotopic (exact) mass is 267 g/mol. The summed E-state index contributed by atoms with van der Waals surface area (Å²) < 4.78 is 25.6. The smallest absolute Gasteiger partial charge is 0.242 e. The van der Waals surface area contributed by atoms with E-state index in [0.29, 0.717) is 5.69 Å². The number of benzene rings is 1. The number of anilines is 1. The molecule has 0 heterocycles. The first-order valence-electron chi connectivity index (χ1n) is 5.51. The van der Waals surface area contributed by atoms with Crippen molar-refractivity contribution in [3.63, 3.8) is 0 Å². The first kappa shape index (κ1) is 14.5. The van der Waals surface area contributed by atoms with Gasteiger partial charge in [0, 0.05) is 19.3 Å². The summed E-state index contributed by atoms with van der Waals surface area (Å²) in [6, 6.07) is 6.60. The van der Waals surface area contributed by atoms with Gasteiger partial charge in [-0.3, -0.25) is 0 Å². The Labute approximate surface area is 108 Å². The van der Waals surface area contributed by atoms with Crippen LogP contribution in [0.15, 0.2) is 23.1 Å². The van der Waals surface area contributed by atoms with Crippen molar-refractivity contribution in [3.05, 3.63) is 23.8 Å². The van der Waals surface area contributed by atoms with Gasteiger partial charge >= 0.3 is 0 Å². The molecule has 1 rings (SSSR count). The topological polar surface area (TPSA) is 87.2 Å². The molecule has 98 valence electrons. The Morgan fingerprint density at radius 3 is 2.61 bits per heavy atom. The lowest BCUT2D eigenvalue weighted by molar-refractivity contribution is 0.439. The van der Waals surface area contributed by atoms with Crippen LogP contribution in [0, 0.1) is 24.2 Å². The van der Waals surface area contributed by atoms with Crippen LogP contribution in [-0.4, -0.2) is 26.3 Å². The molecule has 0 saturated heterocycles. The maximum Gasteiger partial charge on any atom is 0.242 e. The molecule has 0 bridgehead atoms. The van der Waals surface area contributed by atoms with E-state index in [1.54, 1.807) is 19.9 Å². The maximum atomic E-state index is 12.2. The minimum atomic E-state index is -3.56. The number of rotatable bonds is 4. The van der Waals surface area contributed by atoms with Gasteiger partial charge in [0.15, 0.2) is 0 Å². The van der Waals surface area contributed by atoms with Gasteiger partial charge in [-0.1, -0.05) is 0 Å². The van der Waals surface area contributed by atoms with Crippen molar-refractivity contribution in [1.29, 1.82) is 5.26 Å². The molecule has 2 N–H and O–H groups in total. The molecule has 1 unspecified atom stereocenters. The molecule has 0 amide bonds. The summed E-state index contributed by atoms with van der Waals surface area (Å²) in [5, 5.41) is 8.71. The quantitative estimate of drug-likeness (QED) is 0.834. The van der Waals surface area contributed by atoms with Crippen LogP contribution in [0.1, 0.15) is 12.5 Å². The van der Waals surface area contributed by atoms with Gasteiger partial charge in [0.25, 0.3) is 0 Å². The number of nitrogens with zero attached hydrogens (tertiary/aromatic N) is 2. The van der Waals surface area contributed by atoms with Crippen molar-refractivity contribution in [2.45, 2.75) is 18.7 Å². The van der Waals surface area contributed by atoms with Crippen LogP contribution in [0.2, 0.25) is 0 Å². The lowest BCUT2D eigenvalue weighted by atomic mass is 10.2. The number of hydrogen-bond acceptors (Lipinski definition) is 4. The Kier molecular flexibility index (Phi) is 4.33. The minimum Gasteiger partial charge on any atom is -0.399 e. The molecule has 5 nitrogen and oxygen atoms in total. The Balaban J connectivity index is 3.06. The second-order valence-corrected chi connectivity index (χ2v) is 6.38. The van der Waals surface area contributed by atoms with Gasteiger partial charge in [-0.15, -0.1) is 0 Å². The Morgan fingerprint density at radius 2 is 2.11 bits per heavy atom. The second-order valence-electron chi connectivity index (χ2n) is 4.33. The van der Waals surface area contributed by atoms with E-state index in [0.717, 1.165) is 5.56 Å². The Morgan fingerprint density at radius 1 is 1.50 bits per heavy atom. The van der Waals surface area contributed by atoms with E-state index in [2.05, 4.69) is 0 Å². The lowest BCUT2D eigenvalue weighted by Gasteiger charge is -2.18. The summed E-state index contributed by atoms with van der Waals surface area (Å²) in [7, 11) is -2.09. The number of nitrogens with two attached hydrogens (primary N) is 1.